The van der Waals surface area contributed by atoms with E-state index in [4.69, 9.17) is 16.3 Å². The minimum Gasteiger partial charge on any atom is -0.444 e. The van der Waals surface area contributed by atoms with Crippen LogP contribution >= 0.6 is 11.6 Å². The second-order valence-electron chi connectivity index (χ2n) is 8.46. The quantitative estimate of drug-likeness (QED) is 0.568. The van der Waals surface area contributed by atoms with Gasteiger partial charge in [-0.2, -0.15) is 0 Å². The van der Waals surface area contributed by atoms with Gasteiger partial charge in [0.05, 0.1) is 11.1 Å². The van der Waals surface area contributed by atoms with Crippen molar-refractivity contribution in [1.82, 2.24) is 15.1 Å². The number of benzene rings is 1. The summed E-state index contributed by atoms with van der Waals surface area (Å²) in [5.41, 5.74) is 1.53. The minimum absolute atomic E-state index is 0.253. The zero-order valence-electron chi connectivity index (χ0n) is 17.7. The number of halogens is 1. The van der Waals surface area contributed by atoms with E-state index in [0.29, 0.717) is 50.1 Å². The minimum atomic E-state index is -0.506. The number of likely N-dealkylation sites (tertiary alicyclic amines) is 1. The number of ether oxygens (including phenoxy) is 1. The van der Waals surface area contributed by atoms with Crippen LogP contribution in [-0.4, -0.2) is 66.0 Å². The molecular formula is C22H28ClN3O4. The van der Waals surface area contributed by atoms with E-state index < -0.39 is 5.60 Å². The van der Waals surface area contributed by atoms with Crippen LogP contribution in [0, 0.1) is 0 Å². The fourth-order valence-electron chi connectivity index (χ4n) is 3.51. The maximum atomic E-state index is 12.4. The van der Waals surface area contributed by atoms with Crippen LogP contribution in [0.2, 0.25) is 0 Å². The van der Waals surface area contributed by atoms with Gasteiger partial charge < -0.3 is 15.0 Å². The first-order valence-corrected chi connectivity index (χ1v) is 10.6. The van der Waals surface area contributed by atoms with Crippen molar-refractivity contribution in [3.8, 4) is 0 Å². The molecular weight excluding hydrogens is 406 g/mol. The molecule has 1 fully saturated rings. The number of carbonyl (C=O) groups is 3. The van der Waals surface area contributed by atoms with Crippen LogP contribution in [0.3, 0.4) is 0 Å². The third kappa shape index (κ3) is 5.21. The maximum Gasteiger partial charge on any atom is 0.410 e. The lowest BCUT2D eigenvalue weighted by molar-refractivity contribution is 0.0235. The molecule has 1 N–H and O–H groups in total. The molecule has 8 heteroatoms. The van der Waals surface area contributed by atoms with Gasteiger partial charge in [-0.1, -0.05) is 29.3 Å². The number of nitrogens with zero attached hydrogens (tertiary/aromatic N) is 2. The molecule has 2 aliphatic rings. The Labute approximate surface area is 182 Å². The molecule has 1 saturated heterocycles. The molecule has 2 aliphatic heterocycles. The summed E-state index contributed by atoms with van der Waals surface area (Å²) in [7, 11) is 0. The van der Waals surface area contributed by atoms with E-state index in [0.717, 1.165) is 10.6 Å². The van der Waals surface area contributed by atoms with Crippen molar-refractivity contribution in [2.24, 2.45) is 0 Å². The number of imide groups is 1. The van der Waals surface area contributed by atoms with E-state index in [9.17, 15) is 14.4 Å². The topological polar surface area (TPSA) is 79.0 Å². The molecule has 0 aliphatic carbocycles. The summed E-state index contributed by atoms with van der Waals surface area (Å²) in [6, 6.07) is 6.86. The van der Waals surface area contributed by atoms with Gasteiger partial charge in [-0.15, -0.1) is 0 Å². The molecule has 0 saturated carbocycles. The molecule has 7 nitrogen and oxygen atoms in total. The molecule has 3 rings (SSSR count). The number of fused-ring (bicyclic) bond motifs is 1. The highest BCUT2D eigenvalue weighted by atomic mass is 35.5. The SMILES string of the molecule is CC(C)(C)OC(=O)N1CCC(=C(Cl)CNCCN2C(=O)c3ccccc3C2=O)CC1. The van der Waals surface area contributed by atoms with E-state index in [2.05, 4.69) is 5.32 Å². The zero-order chi connectivity index (χ0) is 21.9. The highest BCUT2D eigenvalue weighted by Crippen LogP contribution is 2.24. The summed E-state index contributed by atoms with van der Waals surface area (Å²) in [6.45, 7) is 7.93. The molecule has 0 unspecified atom stereocenters. The van der Waals surface area contributed by atoms with E-state index in [1.165, 1.54) is 4.90 Å². The summed E-state index contributed by atoms with van der Waals surface area (Å²) < 4.78 is 5.41. The Morgan fingerprint density at radius 2 is 1.67 bits per heavy atom. The van der Waals surface area contributed by atoms with Gasteiger partial charge in [-0.05, 0) is 45.7 Å². The Hall–Kier alpha value is -2.38. The van der Waals surface area contributed by atoms with Crippen molar-refractivity contribution in [3.63, 3.8) is 0 Å². The number of carbonyl (C=O) groups excluding carboxylic acids is 3. The molecule has 30 heavy (non-hydrogen) atoms. The van der Waals surface area contributed by atoms with Gasteiger partial charge in [0.1, 0.15) is 5.60 Å². The van der Waals surface area contributed by atoms with Crippen molar-refractivity contribution < 1.29 is 19.1 Å². The van der Waals surface area contributed by atoms with Crippen LogP contribution in [0.5, 0.6) is 0 Å². The summed E-state index contributed by atoms with van der Waals surface area (Å²) in [4.78, 5) is 39.8. The lowest BCUT2D eigenvalue weighted by Gasteiger charge is -2.31. The number of rotatable bonds is 5. The van der Waals surface area contributed by atoms with E-state index >= 15 is 0 Å². The van der Waals surface area contributed by atoms with Crippen molar-refractivity contribution in [2.75, 3.05) is 32.7 Å². The van der Waals surface area contributed by atoms with E-state index in [1.807, 2.05) is 20.8 Å². The molecule has 0 spiro atoms. The number of piperidine rings is 1. The normalized spacial score (nSPS) is 16.7. The van der Waals surface area contributed by atoms with Gasteiger partial charge in [-0.25, -0.2) is 4.79 Å². The number of amides is 3. The predicted molar refractivity (Wildman–Crippen MR) is 115 cm³/mol. The number of hydrogen-bond donors (Lipinski definition) is 1. The lowest BCUT2D eigenvalue weighted by atomic mass is 10.0. The zero-order valence-corrected chi connectivity index (χ0v) is 18.4. The Balaban J connectivity index is 1.43. The van der Waals surface area contributed by atoms with Crippen molar-refractivity contribution in [3.05, 3.63) is 46.0 Å². The first-order chi connectivity index (χ1) is 14.2. The lowest BCUT2D eigenvalue weighted by Crippen LogP contribution is -2.40. The molecule has 2 heterocycles. The largest absolute Gasteiger partial charge is 0.444 e. The monoisotopic (exact) mass is 433 g/mol. The summed E-state index contributed by atoms with van der Waals surface area (Å²) >= 11 is 6.45. The van der Waals surface area contributed by atoms with E-state index in [-0.39, 0.29) is 24.5 Å². The van der Waals surface area contributed by atoms with Crippen LogP contribution in [0.1, 0.15) is 54.3 Å². The van der Waals surface area contributed by atoms with Gasteiger partial charge in [0.25, 0.3) is 11.8 Å². The van der Waals surface area contributed by atoms with Gasteiger partial charge >= 0.3 is 6.09 Å². The fraction of sp³-hybridized carbons (Fsp3) is 0.500. The molecule has 3 amide bonds. The number of hydrogen-bond acceptors (Lipinski definition) is 5. The summed E-state index contributed by atoms with van der Waals surface area (Å²) in [6.07, 6.45) is 1.12. The molecule has 1 aromatic carbocycles. The highest BCUT2D eigenvalue weighted by Gasteiger charge is 2.34. The number of nitrogens with one attached hydrogen (secondary N) is 1. The molecule has 162 valence electrons. The van der Waals surface area contributed by atoms with Crippen LogP contribution in [0.4, 0.5) is 4.79 Å². The highest BCUT2D eigenvalue weighted by molar-refractivity contribution is 6.30. The van der Waals surface area contributed by atoms with E-state index in [1.54, 1.807) is 29.2 Å². The van der Waals surface area contributed by atoms with Crippen molar-refractivity contribution in [2.45, 2.75) is 39.2 Å². The van der Waals surface area contributed by atoms with Crippen molar-refractivity contribution >= 4 is 29.5 Å². The van der Waals surface area contributed by atoms with Crippen molar-refractivity contribution in [1.29, 1.82) is 0 Å². The Morgan fingerprint density at radius 3 is 2.20 bits per heavy atom. The maximum absolute atomic E-state index is 12.4. The Morgan fingerprint density at radius 1 is 1.10 bits per heavy atom. The first-order valence-electron chi connectivity index (χ1n) is 10.2. The third-order valence-electron chi connectivity index (χ3n) is 5.07. The van der Waals surface area contributed by atoms with Gasteiger partial charge in [0.15, 0.2) is 0 Å². The average molecular weight is 434 g/mol. The van der Waals surface area contributed by atoms with Gasteiger partial charge in [-0.3, -0.25) is 14.5 Å². The molecule has 0 bridgehead atoms. The predicted octanol–water partition coefficient (Wildman–Crippen LogP) is 3.40. The Bertz CT molecular complexity index is 830. The first kappa shape index (κ1) is 22.3. The van der Waals surface area contributed by atoms with Crippen LogP contribution < -0.4 is 5.32 Å². The standard InChI is InChI=1S/C22H28ClN3O4/c1-22(2,3)30-21(29)25-11-8-15(9-12-25)18(23)14-24-10-13-26-19(27)16-6-4-5-7-17(16)20(26)28/h4-7,24H,8-14H2,1-3H3. The van der Waals surface area contributed by atoms with Crippen LogP contribution in [0.25, 0.3) is 0 Å². The molecule has 1 aromatic rings. The summed E-state index contributed by atoms with van der Waals surface area (Å²) in [5, 5.41) is 3.92. The molecule has 0 radical (unpaired) electrons. The summed E-state index contributed by atoms with van der Waals surface area (Å²) in [5.74, 6) is -0.507. The molecule has 0 aromatic heterocycles. The van der Waals surface area contributed by atoms with Gasteiger partial charge in [0, 0.05) is 37.8 Å². The smallest absolute Gasteiger partial charge is 0.410 e. The van der Waals surface area contributed by atoms with Crippen LogP contribution in [-0.2, 0) is 4.74 Å². The second-order valence-corrected chi connectivity index (χ2v) is 8.92. The van der Waals surface area contributed by atoms with Gasteiger partial charge in [0.2, 0.25) is 0 Å². The van der Waals surface area contributed by atoms with Crippen LogP contribution in [0.15, 0.2) is 34.9 Å². The molecule has 0 atom stereocenters. The average Bonchev–Trinajstić information content (AvgIpc) is 2.95. The third-order valence-corrected chi connectivity index (χ3v) is 5.47. The Kier molecular flexibility index (Phi) is 6.83. The second kappa shape index (κ2) is 9.18. The fourth-order valence-corrected chi connectivity index (χ4v) is 3.80.